The molecule has 10 heavy (non-hydrogen) atoms. The van der Waals surface area contributed by atoms with E-state index in [0.29, 0.717) is 0 Å². The smallest absolute Gasteiger partial charge is 0.180 e. The van der Waals surface area contributed by atoms with Crippen LogP contribution >= 0.6 is 11.6 Å². The molecule has 0 aromatic heterocycles. The topological polar surface area (TPSA) is 60.7 Å². The molecule has 0 unspecified atom stereocenters. The first-order chi connectivity index (χ1) is 4.63. The molecule has 3 nitrogen and oxygen atoms in total. The van der Waals surface area contributed by atoms with Crippen molar-refractivity contribution in [3.63, 3.8) is 0 Å². The summed E-state index contributed by atoms with van der Waals surface area (Å²) in [5, 5.41) is 26.2. The Balaban J connectivity index is 3.34. The first-order valence-corrected chi connectivity index (χ1v) is 2.90. The fraction of sp³-hybridized carbons (Fsp3) is 0. The highest BCUT2D eigenvalue weighted by molar-refractivity contribution is 6.33. The van der Waals surface area contributed by atoms with Crippen LogP contribution in [0.25, 0.3) is 0 Å². The lowest BCUT2D eigenvalue weighted by molar-refractivity contribution is 0.397. The maximum Gasteiger partial charge on any atom is 0.180 e. The number of halogens is 1. The second-order valence-corrected chi connectivity index (χ2v) is 2.14. The number of phenolic OH excluding ortho intramolecular Hbond substituents is 3. The van der Waals surface area contributed by atoms with E-state index in [1.807, 2.05) is 0 Å². The third kappa shape index (κ3) is 0.953. The normalized spacial score (nSPS) is 9.70. The van der Waals surface area contributed by atoms with Crippen LogP contribution in [0.4, 0.5) is 0 Å². The van der Waals surface area contributed by atoms with Crippen molar-refractivity contribution in [2.75, 3.05) is 0 Å². The Bertz CT molecular complexity index is 232. The van der Waals surface area contributed by atoms with E-state index in [-0.39, 0.29) is 16.5 Å². The fourth-order valence-corrected chi connectivity index (χ4v) is 0.704. The van der Waals surface area contributed by atoms with Gasteiger partial charge in [-0.15, -0.1) is 0 Å². The SMILES string of the molecule is Oc1ccc(O)c(Cl)c1O. The van der Waals surface area contributed by atoms with E-state index in [2.05, 4.69) is 0 Å². The maximum absolute atomic E-state index is 8.85. The number of benzene rings is 1. The summed E-state index contributed by atoms with van der Waals surface area (Å²) in [6.45, 7) is 0. The third-order valence-electron chi connectivity index (χ3n) is 1.07. The van der Waals surface area contributed by atoms with E-state index in [9.17, 15) is 0 Å². The molecule has 1 rings (SSSR count). The standard InChI is InChI=1S/C6H5ClO3/c7-5-3(8)1-2-4(9)6(5)10/h1-2,8-10H. The Morgan fingerprint density at radius 2 is 1.50 bits per heavy atom. The van der Waals surface area contributed by atoms with Gasteiger partial charge in [0.15, 0.2) is 11.5 Å². The van der Waals surface area contributed by atoms with Gasteiger partial charge in [0, 0.05) is 0 Å². The van der Waals surface area contributed by atoms with Crippen LogP contribution in [0.5, 0.6) is 17.2 Å². The van der Waals surface area contributed by atoms with E-state index in [1.165, 1.54) is 6.07 Å². The van der Waals surface area contributed by atoms with Gasteiger partial charge in [-0.3, -0.25) is 0 Å². The van der Waals surface area contributed by atoms with Gasteiger partial charge in [-0.25, -0.2) is 0 Å². The summed E-state index contributed by atoms with van der Waals surface area (Å²) in [5.74, 6) is -1.10. The molecule has 0 fully saturated rings. The second kappa shape index (κ2) is 2.27. The van der Waals surface area contributed by atoms with Crippen molar-refractivity contribution in [3.05, 3.63) is 17.2 Å². The van der Waals surface area contributed by atoms with Gasteiger partial charge in [0.05, 0.1) is 0 Å². The van der Waals surface area contributed by atoms with Crippen molar-refractivity contribution in [1.82, 2.24) is 0 Å². The first kappa shape index (κ1) is 7.02. The van der Waals surface area contributed by atoms with Crippen molar-refractivity contribution in [2.45, 2.75) is 0 Å². The minimum Gasteiger partial charge on any atom is -0.506 e. The lowest BCUT2D eigenvalue weighted by Gasteiger charge is -2.00. The van der Waals surface area contributed by atoms with Crippen molar-refractivity contribution < 1.29 is 15.3 Å². The maximum atomic E-state index is 8.85. The van der Waals surface area contributed by atoms with Crippen molar-refractivity contribution in [1.29, 1.82) is 0 Å². The molecule has 0 saturated carbocycles. The predicted octanol–water partition coefficient (Wildman–Crippen LogP) is 1.46. The van der Waals surface area contributed by atoms with E-state index >= 15 is 0 Å². The number of hydrogen-bond donors (Lipinski definition) is 3. The fourth-order valence-electron chi connectivity index (χ4n) is 0.544. The molecule has 0 bridgehead atoms. The third-order valence-corrected chi connectivity index (χ3v) is 1.45. The first-order valence-electron chi connectivity index (χ1n) is 2.52. The van der Waals surface area contributed by atoms with Gasteiger partial charge in [-0.05, 0) is 12.1 Å². The van der Waals surface area contributed by atoms with Crippen molar-refractivity contribution in [3.8, 4) is 17.2 Å². The molecule has 1 aromatic carbocycles. The molecule has 0 radical (unpaired) electrons. The second-order valence-electron chi connectivity index (χ2n) is 1.77. The molecule has 54 valence electrons. The van der Waals surface area contributed by atoms with Crippen LogP contribution in [-0.4, -0.2) is 15.3 Å². The van der Waals surface area contributed by atoms with Crippen LogP contribution < -0.4 is 0 Å². The molecule has 0 atom stereocenters. The van der Waals surface area contributed by atoms with E-state index in [4.69, 9.17) is 26.9 Å². The average Bonchev–Trinajstić information content (AvgIpc) is 1.93. The Hall–Kier alpha value is -1.09. The zero-order valence-corrected chi connectivity index (χ0v) is 5.63. The molecule has 0 spiro atoms. The number of aromatic hydroxyl groups is 3. The molecule has 0 aliphatic carbocycles. The van der Waals surface area contributed by atoms with Crippen LogP contribution in [-0.2, 0) is 0 Å². The van der Waals surface area contributed by atoms with Crippen molar-refractivity contribution in [2.24, 2.45) is 0 Å². The van der Waals surface area contributed by atoms with E-state index in [1.54, 1.807) is 0 Å². The minimum atomic E-state index is -0.498. The molecule has 4 heteroatoms. The Morgan fingerprint density at radius 1 is 1.00 bits per heavy atom. The largest absolute Gasteiger partial charge is 0.506 e. The lowest BCUT2D eigenvalue weighted by Crippen LogP contribution is -1.71. The van der Waals surface area contributed by atoms with Gasteiger partial charge < -0.3 is 15.3 Å². The van der Waals surface area contributed by atoms with Gasteiger partial charge >= 0.3 is 0 Å². The van der Waals surface area contributed by atoms with Crippen LogP contribution in [0.1, 0.15) is 0 Å². The molecule has 0 heterocycles. The molecule has 3 N–H and O–H groups in total. The number of hydrogen-bond acceptors (Lipinski definition) is 3. The summed E-state index contributed by atoms with van der Waals surface area (Å²) in [5.41, 5.74) is 0. The molecular formula is C6H5ClO3. The van der Waals surface area contributed by atoms with Crippen LogP contribution in [0.15, 0.2) is 12.1 Å². The highest BCUT2D eigenvalue weighted by Crippen LogP contribution is 2.38. The summed E-state index contributed by atoms with van der Waals surface area (Å²) in [6, 6.07) is 2.34. The minimum absolute atomic E-state index is 0.236. The number of phenols is 3. The molecule has 0 amide bonds. The zero-order valence-electron chi connectivity index (χ0n) is 4.87. The predicted molar refractivity (Wildman–Crippen MR) is 36.4 cm³/mol. The molecular weight excluding hydrogens is 156 g/mol. The summed E-state index contributed by atoms with van der Waals surface area (Å²) in [6.07, 6.45) is 0. The van der Waals surface area contributed by atoms with Crippen LogP contribution in [0, 0.1) is 0 Å². The molecule has 0 saturated heterocycles. The molecule has 1 aromatic rings. The summed E-state index contributed by atoms with van der Waals surface area (Å²) in [4.78, 5) is 0. The summed E-state index contributed by atoms with van der Waals surface area (Å²) >= 11 is 5.32. The summed E-state index contributed by atoms with van der Waals surface area (Å²) in [7, 11) is 0. The highest BCUT2D eigenvalue weighted by atomic mass is 35.5. The van der Waals surface area contributed by atoms with Gasteiger partial charge in [-0.2, -0.15) is 0 Å². The number of rotatable bonds is 0. The van der Waals surface area contributed by atoms with Gasteiger partial charge in [0.1, 0.15) is 10.8 Å². The van der Waals surface area contributed by atoms with Gasteiger partial charge in [-0.1, -0.05) is 11.6 Å². The van der Waals surface area contributed by atoms with E-state index in [0.717, 1.165) is 6.07 Å². The van der Waals surface area contributed by atoms with Crippen LogP contribution in [0.3, 0.4) is 0 Å². The quantitative estimate of drug-likeness (QED) is 0.398. The monoisotopic (exact) mass is 160 g/mol. The van der Waals surface area contributed by atoms with Gasteiger partial charge in [0.25, 0.3) is 0 Å². The molecule has 0 aliphatic rings. The lowest BCUT2D eigenvalue weighted by atomic mass is 10.3. The van der Waals surface area contributed by atoms with Crippen molar-refractivity contribution >= 4 is 11.6 Å². The Morgan fingerprint density at radius 3 is 2.00 bits per heavy atom. The average molecular weight is 161 g/mol. The van der Waals surface area contributed by atoms with Gasteiger partial charge in [0.2, 0.25) is 0 Å². The zero-order chi connectivity index (χ0) is 7.72. The van der Waals surface area contributed by atoms with E-state index < -0.39 is 5.75 Å². The highest BCUT2D eigenvalue weighted by Gasteiger charge is 2.07. The van der Waals surface area contributed by atoms with Crippen LogP contribution in [0.2, 0.25) is 5.02 Å². The Kier molecular flexibility index (Phi) is 1.59. The molecule has 0 aliphatic heterocycles. The summed E-state index contributed by atoms with van der Waals surface area (Å²) < 4.78 is 0. The Labute approximate surface area is 62.1 Å².